The first-order valence-electron chi connectivity index (χ1n) is 17.7. The van der Waals surface area contributed by atoms with Crippen molar-refractivity contribution < 1.29 is 0 Å². The van der Waals surface area contributed by atoms with Gasteiger partial charge >= 0.3 is 0 Å². The molecule has 53 heavy (non-hydrogen) atoms. The Balaban J connectivity index is 1.15. The van der Waals surface area contributed by atoms with Gasteiger partial charge in [-0.15, -0.1) is 0 Å². The summed E-state index contributed by atoms with van der Waals surface area (Å²) < 4.78 is 0. The maximum atomic E-state index is 5.29. The van der Waals surface area contributed by atoms with Gasteiger partial charge < -0.3 is 0 Å². The number of pyridine rings is 3. The SMILES string of the molecule is Cc1cc(-c2cc(-c3ccccc3)nc(-c3cccc(-c4cccc5cccnc45)c3)n2)c2ccc3ccc(-c4ccc5ccccc5c4)nc3c2n1. The summed E-state index contributed by atoms with van der Waals surface area (Å²) in [7, 11) is 0. The van der Waals surface area contributed by atoms with Crippen LogP contribution in [0.15, 0.2) is 170 Å². The summed E-state index contributed by atoms with van der Waals surface area (Å²) in [5, 5.41) is 5.53. The van der Waals surface area contributed by atoms with Crippen LogP contribution in [0.3, 0.4) is 0 Å². The van der Waals surface area contributed by atoms with Crippen molar-refractivity contribution in [3.8, 4) is 56.3 Å². The van der Waals surface area contributed by atoms with E-state index in [0.29, 0.717) is 5.82 Å². The molecule has 4 aromatic heterocycles. The summed E-state index contributed by atoms with van der Waals surface area (Å²) >= 11 is 0. The topological polar surface area (TPSA) is 64.5 Å². The number of fused-ring (bicyclic) bond motifs is 5. The van der Waals surface area contributed by atoms with E-state index in [1.54, 1.807) is 0 Å². The molecule has 10 rings (SSSR count). The molecule has 5 nitrogen and oxygen atoms in total. The van der Waals surface area contributed by atoms with Gasteiger partial charge in [-0.05, 0) is 59.7 Å². The minimum Gasteiger partial charge on any atom is -0.256 e. The normalized spacial score (nSPS) is 11.5. The summed E-state index contributed by atoms with van der Waals surface area (Å²) in [5.41, 5.74) is 12.3. The van der Waals surface area contributed by atoms with E-state index in [4.69, 9.17) is 24.9 Å². The molecule has 0 saturated heterocycles. The first-order valence-corrected chi connectivity index (χ1v) is 17.7. The summed E-state index contributed by atoms with van der Waals surface area (Å²) in [4.78, 5) is 25.5. The quantitative estimate of drug-likeness (QED) is 0.170. The van der Waals surface area contributed by atoms with Crippen molar-refractivity contribution >= 4 is 43.5 Å². The van der Waals surface area contributed by atoms with Crippen LogP contribution in [0.2, 0.25) is 0 Å². The predicted octanol–water partition coefficient (Wildman–Crippen LogP) is 11.9. The van der Waals surface area contributed by atoms with Gasteiger partial charge in [0.2, 0.25) is 0 Å². The van der Waals surface area contributed by atoms with Crippen LogP contribution >= 0.6 is 0 Å². The minimum atomic E-state index is 0.650. The number of rotatable bonds is 5. The molecule has 0 aliphatic rings. The van der Waals surface area contributed by atoms with Gasteiger partial charge in [0.25, 0.3) is 0 Å². The molecule has 0 amide bonds. The standard InChI is InChI=1S/C48H31N5/c1-30-26-41(40-23-21-34-22-24-42(51-46(34)47(40)50-30)37-20-19-31-10-5-6-13-35(31)27-37)44-29-43(32-11-3-2-4-12-32)52-48(53-44)38-16-7-15-36(28-38)39-18-8-14-33-17-9-25-49-45(33)39/h2-29H,1H3. The highest BCUT2D eigenvalue weighted by molar-refractivity contribution is 6.09. The maximum absolute atomic E-state index is 5.29. The summed E-state index contributed by atoms with van der Waals surface area (Å²) in [6.07, 6.45) is 1.85. The van der Waals surface area contributed by atoms with Gasteiger partial charge in [0.05, 0.1) is 33.6 Å². The van der Waals surface area contributed by atoms with E-state index >= 15 is 0 Å². The van der Waals surface area contributed by atoms with Gasteiger partial charge in [-0.25, -0.2) is 15.0 Å². The Morgan fingerprint density at radius 1 is 0.358 bits per heavy atom. The van der Waals surface area contributed by atoms with Crippen LogP contribution in [0, 0.1) is 6.92 Å². The molecule has 0 radical (unpaired) electrons. The average Bonchev–Trinajstić information content (AvgIpc) is 3.23. The molecule has 0 aliphatic heterocycles. The number of hydrogen-bond donors (Lipinski definition) is 0. The lowest BCUT2D eigenvalue weighted by atomic mass is 9.98. The second kappa shape index (κ2) is 12.6. The Hall–Kier alpha value is -7.11. The van der Waals surface area contributed by atoms with Crippen molar-refractivity contribution in [3.63, 3.8) is 0 Å². The van der Waals surface area contributed by atoms with E-state index in [1.165, 1.54) is 10.8 Å². The molecule has 0 fully saturated rings. The van der Waals surface area contributed by atoms with Gasteiger partial charge in [0, 0.05) is 55.9 Å². The largest absolute Gasteiger partial charge is 0.256 e. The highest BCUT2D eigenvalue weighted by atomic mass is 14.9. The Morgan fingerprint density at radius 3 is 2.00 bits per heavy atom. The van der Waals surface area contributed by atoms with Gasteiger partial charge in [-0.1, -0.05) is 127 Å². The number of para-hydroxylation sites is 1. The molecule has 5 heteroatoms. The van der Waals surface area contributed by atoms with Gasteiger partial charge in [0.1, 0.15) is 0 Å². The molecule has 0 atom stereocenters. The summed E-state index contributed by atoms with van der Waals surface area (Å²) in [6.45, 7) is 2.04. The van der Waals surface area contributed by atoms with Crippen molar-refractivity contribution in [2.75, 3.05) is 0 Å². The molecule has 0 saturated carbocycles. The maximum Gasteiger partial charge on any atom is 0.160 e. The molecule has 6 aromatic carbocycles. The molecule has 0 bridgehead atoms. The second-order valence-corrected chi connectivity index (χ2v) is 13.4. The third-order valence-corrected chi connectivity index (χ3v) is 9.95. The number of aryl methyl sites for hydroxylation is 1. The molecule has 4 heterocycles. The number of nitrogens with zero attached hydrogens (tertiary/aromatic N) is 5. The number of aromatic nitrogens is 5. The molecule has 0 aliphatic carbocycles. The van der Waals surface area contributed by atoms with Crippen LogP contribution in [0.1, 0.15) is 5.69 Å². The smallest absolute Gasteiger partial charge is 0.160 e. The zero-order valence-electron chi connectivity index (χ0n) is 28.9. The van der Waals surface area contributed by atoms with Crippen LogP contribution in [-0.2, 0) is 0 Å². The van der Waals surface area contributed by atoms with Crippen LogP contribution in [-0.4, -0.2) is 24.9 Å². The lowest BCUT2D eigenvalue weighted by molar-refractivity contribution is 1.18. The molecule has 10 aromatic rings. The fraction of sp³-hybridized carbons (Fsp3) is 0.0208. The number of hydrogen-bond acceptors (Lipinski definition) is 5. The molecular weight excluding hydrogens is 647 g/mol. The number of benzene rings is 6. The van der Waals surface area contributed by atoms with E-state index < -0.39 is 0 Å². The third-order valence-electron chi connectivity index (χ3n) is 9.95. The minimum absolute atomic E-state index is 0.650. The van der Waals surface area contributed by atoms with Crippen LogP contribution in [0.5, 0.6) is 0 Å². The third kappa shape index (κ3) is 5.56. The fourth-order valence-electron chi connectivity index (χ4n) is 7.35. The lowest BCUT2D eigenvalue weighted by Gasteiger charge is -2.14. The van der Waals surface area contributed by atoms with Crippen LogP contribution in [0.25, 0.3) is 99.8 Å². The Morgan fingerprint density at radius 2 is 1.08 bits per heavy atom. The molecular formula is C48H31N5. The molecule has 248 valence electrons. The van der Waals surface area contributed by atoms with Gasteiger partial charge in [-0.2, -0.15) is 0 Å². The summed E-state index contributed by atoms with van der Waals surface area (Å²) in [6, 6.07) is 56.8. The zero-order chi connectivity index (χ0) is 35.3. The lowest BCUT2D eigenvalue weighted by Crippen LogP contribution is -1.98. The Kier molecular flexibility index (Phi) is 7.29. The van der Waals surface area contributed by atoms with Gasteiger partial charge in [-0.3, -0.25) is 9.97 Å². The van der Waals surface area contributed by atoms with E-state index in [-0.39, 0.29) is 0 Å². The monoisotopic (exact) mass is 677 g/mol. The van der Waals surface area contributed by atoms with E-state index in [9.17, 15) is 0 Å². The second-order valence-electron chi connectivity index (χ2n) is 13.4. The highest BCUT2D eigenvalue weighted by Crippen LogP contribution is 2.36. The van der Waals surface area contributed by atoms with Crippen molar-refractivity contribution in [3.05, 3.63) is 176 Å². The Labute approximate surface area is 306 Å². The van der Waals surface area contributed by atoms with Crippen LogP contribution in [0.4, 0.5) is 0 Å². The predicted molar refractivity (Wildman–Crippen MR) is 217 cm³/mol. The van der Waals surface area contributed by atoms with Gasteiger partial charge in [0.15, 0.2) is 5.82 Å². The van der Waals surface area contributed by atoms with Crippen LogP contribution < -0.4 is 0 Å². The first-order chi connectivity index (χ1) is 26.1. The van der Waals surface area contributed by atoms with E-state index in [2.05, 4.69) is 140 Å². The Bertz CT molecular complexity index is 3020. The van der Waals surface area contributed by atoms with Crippen molar-refractivity contribution in [2.45, 2.75) is 6.92 Å². The first kappa shape index (κ1) is 30.7. The van der Waals surface area contributed by atoms with Crippen molar-refractivity contribution in [1.82, 2.24) is 24.9 Å². The highest BCUT2D eigenvalue weighted by Gasteiger charge is 2.17. The molecule has 0 N–H and O–H groups in total. The molecule has 0 unspecified atom stereocenters. The average molecular weight is 678 g/mol. The summed E-state index contributed by atoms with van der Waals surface area (Å²) in [5.74, 6) is 0.650. The van der Waals surface area contributed by atoms with Crippen molar-refractivity contribution in [1.29, 1.82) is 0 Å². The van der Waals surface area contributed by atoms with E-state index in [1.807, 2.05) is 37.4 Å². The fourth-order valence-corrected chi connectivity index (χ4v) is 7.35. The van der Waals surface area contributed by atoms with Crippen molar-refractivity contribution in [2.24, 2.45) is 0 Å². The van der Waals surface area contributed by atoms with E-state index in [0.717, 1.165) is 88.9 Å². The molecule has 0 spiro atoms. The zero-order valence-corrected chi connectivity index (χ0v) is 28.9.